The van der Waals surface area contributed by atoms with Crippen LogP contribution in [0.25, 0.3) is 22.0 Å². The number of hydrogen-bond donors (Lipinski definition) is 2. The first-order valence-electron chi connectivity index (χ1n) is 13.1. The first-order chi connectivity index (χ1) is 22.0. The molecule has 1 aromatic heterocycles. The van der Waals surface area contributed by atoms with Gasteiger partial charge in [-0.15, -0.1) is 0 Å². The number of aromatic amines is 1. The number of rotatable bonds is 8. The molecule has 0 bridgehead atoms. The molecule has 234 valence electrons. The lowest BCUT2D eigenvalue weighted by Crippen LogP contribution is -2.19. The van der Waals surface area contributed by atoms with Gasteiger partial charge in [-0.1, -0.05) is 68.9 Å². The van der Waals surface area contributed by atoms with Gasteiger partial charge in [-0.05, 0) is 64.5 Å². The van der Waals surface area contributed by atoms with Gasteiger partial charge in [0, 0.05) is 43.5 Å². The molecular weight excluding hydrogens is 789 g/mol. The number of esters is 2. The van der Waals surface area contributed by atoms with Crippen molar-refractivity contribution in [3.63, 3.8) is 0 Å². The minimum Gasteiger partial charge on any atom is -0.493 e. The average molecular weight is 809 g/mol. The van der Waals surface area contributed by atoms with Gasteiger partial charge in [0.1, 0.15) is 5.69 Å². The number of ether oxygens (including phenoxy) is 3. The number of hydrazone groups is 1. The van der Waals surface area contributed by atoms with Gasteiger partial charge >= 0.3 is 11.9 Å². The number of nitrogens with zero attached hydrogens (tertiary/aromatic N) is 1. The van der Waals surface area contributed by atoms with Crippen molar-refractivity contribution < 1.29 is 28.6 Å². The van der Waals surface area contributed by atoms with Crippen LogP contribution >= 0.6 is 66.7 Å². The van der Waals surface area contributed by atoms with Gasteiger partial charge < -0.3 is 19.2 Å². The van der Waals surface area contributed by atoms with Crippen LogP contribution in [0.4, 0.5) is 0 Å². The van der Waals surface area contributed by atoms with Gasteiger partial charge in [0.05, 0.1) is 33.9 Å². The van der Waals surface area contributed by atoms with E-state index >= 15 is 0 Å². The fourth-order valence-corrected chi connectivity index (χ4v) is 6.63. The zero-order valence-corrected chi connectivity index (χ0v) is 29.2. The van der Waals surface area contributed by atoms with Crippen LogP contribution in [-0.4, -0.2) is 36.2 Å². The molecule has 0 fully saturated rings. The summed E-state index contributed by atoms with van der Waals surface area (Å²) >= 11 is 26.1. The molecule has 0 radical (unpaired) electrons. The summed E-state index contributed by atoms with van der Waals surface area (Å²) in [5, 5.41) is 5.86. The molecular formula is C32H20Br2Cl3N3O6. The highest BCUT2D eigenvalue weighted by atomic mass is 79.9. The van der Waals surface area contributed by atoms with Crippen LogP contribution in [0, 0.1) is 0 Å². The monoisotopic (exact) mass is 805 g/mol. The first-order valence-corrected chi connectivity index (χ1v) is 15.9. The maximum Gasteiger partial charge on any atom is 0.343 e. The van der Waals surface area contributed by atoms with Gasteiger partial charge in [0.25, 0.3) is 5.91 Å². The predicted octanol–water partition coefficient (Wildman–Crippen LogP) is 9.24. The molecule has 0 saturated carbocycles. The number of carbonyl (C=O) groups is 3. The molecule has 0 aliphatic carbocycles. The number of amides is 1. The molecule has 0 saturated heterocycles. The number of methoxy groups -OCH3 is 1. The number of carbonyl (C=O) groups excluding carboxylic acids is 3. The van der Waals surface area contributed by atoms with Crippen molar-refractivity contribution in [1.29, 1.82) is 0 Å². The Morgan fingerprint density at radius 1 is 0.913 bits per heavy atom. The summed E-state index contributed by atoms with van der Waals surface area (Å²) in [6.45, 7) is 1.25. The molecule has 0 aliphatic heterocycles. The summed E-state index contributed by atoms with van der Waals surface area (Å²) in [5.41, 5.74) is 4.71. The zero-order chi connectivity index (χ0) is 33.1. The standard InChI is InChI=1S/C32H20Br2Cl3N3O6/c1-15(41)45-25-8-7-16(10-26(25)44-2)32(43)46-30-17(9-18(33)11-22(30)34)14-38-40-31(42)29-27(20-5-3-4-6-23(20)36)21-12-19(35)13-24(37)28(21)39-29/h3-14,39H,1-2H3,(H,40,42). The third-order valence-corrected chi connectivity index (χ3v) is 8.34. The number of nitrogens with one attached hydrogen (secondary N) is 2. The van der Waals surface area contributed by atoms with E-state index in [1.165, 1.54) is 38.4 Å². The fourth-order valence-electron chi connectivity index (χ4n) is 4.52. The van der Waals surface area contributed by atoms with E-state index in [0.717, 1.165) is 0 Å². The van der Waals surface area contributed by atoms with E-state index in [4.69, 9.17) is 49.0 Å². The molecule has 0 unspecified atom stereocenters. The first kappa shape index (κ1) is 33.5. The van der Waals surface area contributed by atoms with Crippen LogP contribution in [-0.2, 0) is 4.79 Å². The van der Waals surface area contributed by atoms with Crippen LogP contribution in [0.1, 0.15) is 33.3 Å². The Balaban J connectivity index is 1.45. The van der Waals surface area contributed by atoms with E-state index in [-0.39, 0.29) is 28.5 Å². The molecule has 46 heavy (non-hydrogen) atoms. The topological polar surface area (TPSA) is 119 Å². The number of H-pyrrole nitrogens is 1. The van der Waals surface area contributed by atoms with E-state index in [0.29, 0.717) is 51.6 Å². The molecule has 5 aromatic rings. The third-order valence-electron chi connectivity index (χ3n) is 6.45. The number of hydrogen-bond acceptors (Lipinski definition) is 7. The van der Waals surface area contributed by atoms with Crippen LogP contribution in [0.2, 0.25) is 15.1 Å². The Morgan fingerprint density at radius 2 is 1.67 bits per heavy atom. The largest absolute Gasteiger partial charge is 0.493 e. The molecule has 0 atom stereocenters. The van der Waals surface area contributed by atoms with Crippen molar-refractivity contribution in [2.24, 2.45) is 5.10 Å². The van der Waals surface area contributed by atoms with E-state index < -0.39 is 17.8 Å². The second kappa shape index (κ2) is 14.3. The predicted molar refractivity (Wildman–Crippen MR) is 185 cm³/mol. The van der Waals surface area contributed by atoms with E-state index in [1.807, 2.05) is 0 Å². The number of benzene rings is 4. The minimum atomic E-state index is -0.729. The highest BCUT2D eigenvalue weighted by molar-refractivity contribution is 9.11. The average Bonchev–Trinajstić information content (AvgIpc) is 3.38. The Morgan fingerprint density at radius 3 is 2.39 bits per heavy atom. The van der Waals surface area contributed by atoms with Crippen molar-refractivity contribution in [1.82, 2.24) is 10.4 Å². The quantitative estimate of drug-likeness (QED) is 0.0699. The van der Waals surface area contributed by atoms with Crippen molar-refractivity contribution >= 4 is 102 Å². The summed E-state index contributed by atoms with van der Waals surface area (Å²) in [6.07, 6.45) is 1.32. The van der Waals surface area contributed by atoms with Crippen molar-refractivity contribution in [2.75, 3.05) is 7.11 Å². The summed E-state index contributed by atoms with van der Waals surface area (Å²) in [7, 11) is 1.38. The Hall–Kier alpha value is -3.87. The summed E-state index contributed by atoms with van der Waals surface area (Å²) in [5.74, 6) is -1.42. The summed E-state index contributed by atoms with van der Waals surface area (Å²) in [6, 6.07) is 17.9. The Labute approximate surface area is 294 Å². The van der Waals surface area contributed by atoms with Gasteiger partial charge in [-0.2, -0.15) is 5.10 Å². The van der Waals surface area contributed by atoms with Crippen LogP contribution < -0.4 is 19.6 Å². The molecule has 14 heteroatoms. The lowest BCUT2D eigenvalue weighted by Gasteiger charge is -2.12. The molecule has 0 spiro atoms. The molecule has 4 aromatic carbocycles. The van der Waals surface area contributed by atoms with E-state index in [1.54, 1.807) is 48.5 Å². The van der Waals surface area contributed by atoms with E-state index in [2.05, 4.69) is 47.4 Å². The third kappa shape index (κ3) is 7.24. The molecule has 5 rings (SSSR count). The number of halogens is 5. The molecule has 2 N–H and O–H groups in total. The summed E-state index contributed by atoms with van der Waals surface area (Å²) in [4.78, 5) is 41.1. The lowest BCUT2D eigenvalue weighted by molar-refractivity contribution is -0.132. The highest BCUT2D eigenvalue weighted by Gasteiger charge is 2.23. The zero-order valence-electron chi connectivity index (χ0n) is 23.7. The second-order valence-corrected chi connectivity index (χ2v) is 12.5. The second-order valence-electron chi connectivity index (χ2n) is 9.52. The Bertz CT molecular complexity index is 2070. The molecule has 1 amide bonds. The van der Waals surface area contributed by atoms with Gasteiger partial charge in [0.15, 0.2) is 17.2 Å². The van der Waals surface area contributed by atoms with Crippen molar-refractivity contribution in [3.8, 4) is 28.4 Å². The Kier molecular flexibility index (Phi) is 10.4. The van der Waals surface area contributed by atoms with Gasteiger partial charge in [-0.3, -0.25) is 9.59 Å². The molecule has 9 nitrogen and oxygen atoms in total. The van der Waals surface area contributed by atoms with Gasteiger partial charge in [-0.25, -0.2) is 10.2 Å². The summed E-state index contributed by atoms with van der Waals surface area (Å²) < 4.78 is 17.1. The fraction of sp³-hybridized carbons (Fsp3) is 0.0625. The smallest absolute Gasteiger partial charge is 0.343 e. The lowest BCUT2D eigenvalue weighted by atomic mass is 10.0. The maximum absolute atomic E-state index is 13.5. The van der Waals surface area contributed by atoms with Crippen LogP contribution in [0.5, 0.6) is 17.2 Å². The van der Waals surface area contributed by atoms with Gasteiger partial charge in [0.2, 0.25) is 0 Å². The van der Waals surface area contributed by atoms with Crippen molar-refractivity contribution in [2.45, 2.75) is 6.92 Å². The SMILES string of the molecule is COc1cc(C(=O)Oc2c(Br)cc(Br)cc2C=NNC(=O)c2[nH]c3c(Cl)cc(Cl)cc3c2-c2ccccc2Cl)ccc1OC(C)=O. The minimum absolute atomic E-state index is 0.123. The molecule has 1 heterocycles. The van der Waals surface area contributed by atoms with Crippen LogP contribution in [0.3, 0.4) is 0 Å². The van der Waals surface area contributed by atoms with Crippen molar-refractivity contribution in [3.05, 3.63) is 108 Å². The number of aromatic nitrogens is 1. The van der Waals surface area contributed by atoms with E-state index in [9.17, 15) is 14.4 Å². The number of fused-ring (bicyclic) bond motifs is 1. The normalized spacial score (nSPS) is 11.1. The van der Waals surface area contributed by atoms with Crippen LogP contribution in [0.15, 0.2) is 80.8 Å². The molecule has 0 aliphatic rings. The maximum atomic E-state index is 13.5. The highest BCUT2D eigenvalue weighted by Crippen LogP contribution is 2.40.